The first kappa shape index (κ1) is 13.9. The molecule has 2 atom stereocenters. The van der Waals surface area contributed by atoms with Crippen molar-refractivity contribution in [3.05, 3.63) is 48.6 Å². The minimum Gasteiger partial charge on any atom is -0.339 e. The predicted octanol–water partition coefficient (Wildman–Crippen LogP) is 3.39. The normalized spacial score (nSPS) is 24.8. The lowest BCUT2D eigenvalue weighted by Gasteiger charge is -2.22. The Balaban J connectivity index is 2.02. The first-order valence-corrected chi connectivity index (χ1v) is 7.06. The van der Waals surface area contributed by atoms with Crippen LogP contribution >= 0.6 is 0 Å². The van der Waals surface area contributed by atoms with Gasteiger partial charge in [0.05, 0.1) is 0 Å². The minimum atomic E-state index is 0.224. The van der Waals surface area contributed by atoms with Crippen LogP contribution in [0.25, 0.3) is 0 Å². The van der Waals surface area contributed by atoms with Crippen LogP contribution in [0.1, 0.15) is 32.3 Å². The van der Waals surface area contributed by atoms with E-state index in [0.29, 0.717) is 18.9 Å². The molecule has 0 heterocycles. The third-order valence-electron chi connectivity index (χ3n) is 4.29. The van der Waals surface area contributed by atoms with Gasteiger partial charge < -0.3 is 4.90 Å². The molecule has 0 aromatic heterocycles. The summed E-state index contributed by atoms with van der Waals surface area (Å²) >= 11 is 0. The number of hydrogen-bond donors (Lipinski definition) is 0. The molecule has 2 heteroatoms. The largest absolute Gasteiger partial charge is 0.339 e. The molecule has 2 nitrogen and oxygen atoms in total. The molecule has 1 aromatic rings. The summed E-state index contributed by atoms with van der Waals surface area (Å²) < 4.78 is 0. The van der Waals surface area contributed by atoms with Crippen molar-refractivity contribution >= 4 is 5.91 Å². The number of benzene rings is 1. The van der Waals surface area contributed by atoms with Gasteiger partial charge in [0.1, 0.15) is 0 Å². The predicted molar refractivity (Wildman–Crippen MR) is 79.0 cm³/mol. The number of carbonyl (C=O) groups is 1. The van der Waals surface area contributed by atoms with Crippen LogP contribution in [0.4, 0.5) is 0 Å². The van der Waals surface area contributed by atoms with Crippen molar-refractivity contribution in [1.82, 2.24) is 4.90 Å². The molecule has 2 rings (SSSR count). The van der Waals surface area contributed by atoms with Gasteiger partial charge in [0.15, 0.2) is 0 Å². The van der Waals surface area contributed by atoms with Gasteiger partial charge in [0.25, 0.3) is 0 Å². The maximum atomic E-state index is 11.9. The highest BCUT2D eigenvalue weighted by atomic mass is 16.2. The van der Waals surface area contributed by atoms with E-state index in [4.69, 9.17) is 0 Å². The first-order valence-electron chi connectivity index (χ1n) is 7.06. The van der Waals surface area contributed by atoms with Crippen LogP contribution in [0.5, 0.6) is 0 Å². The molecule has 1 aliphatic carbocycles. The molecule has 0 spiro atoms. The van der Waals surface area contributed by atoms with Gasteiger partial charge in [-0.2, -0.15) is 0 Å². The zero-order chi connectivity index (χ0) is 13.9. The summed E-state index contributed by atoms with van der Waals surface area (Å²) in [5.41, 5.74) is 1.64. The lowest BCUT2D eigenvalue weighted by molar-refractivity contribution is -0.130. The molecule has 0 saturated heterocycles. The molecule has 1 saturated carbocycles. The van der Waals surface area contributed by atoms with Gasteiger partial charge in [-0.25, -0.2) is 0 Å². The second-order valence-corrected chi connectivity index (χ2v) is 5.63. The molecule has 19 heavy (non-hydrogen) atoms. The van der Waals surface area contributed by atoms with Crippen LogP contribution in [0.3, 0.4) is 0 Å². The molecule has 102 valence electrons. The first-order chi connectivity index (χ1) is 9.11. The van der Waals surface area contributed by atoms with Gasteiger partial charge in [-0.3, -0.25) is 4.79 Å². The standard InChI is InChI=1S/C17H23NO/c1-4-11-18(16(19)5-2)13-15-12-17(15,3)14-9-7-6-8-10-14/h4,6-10,15H,1,5,11-13H2,2-3H3. The third kappa shape index (κ3) is 2.89. The lowest BCUT2D eigenvalue weighted by Crippen LogP contribution is -2.33. The van der Waals surface area contributed by atoms with E-state index in [9.17, 15) is 4.79 Å². The van der Waals surface area contributed by atoms with Gasteiger partial charge in [-0.15, -0.1) is 6.58 Å². The zero-order valence-electron chi connectivity index (χ0n) is 11.9. The smallest absolute Gasteiger partial charge is 0.222 e. The average Bonchev–Trinajstić information content (AvgIpc) is 3.10. The Morgan fingerprint density at radius 2 is 2.16 bits per heavy atom. The monoisotopic (exact) mass is 257 g/mol. The summed E-state index contributed by atoms with van der Waals surface area (Å²) in [6.07, 6.45) is 3.56. The van der Waals surface area contributed by atoms with Crippen molar-refractivity contribution in [2.24, 2.45) is 5.92 Å². The van der Waals surface area contributed by atoms with E-state index in [2.05, 4.69) is 43.8 Å². The number of rotatable bonds is 6. The highest BCUT2D eigenvalue weighted by molar-refractivity contribution is 5.76. The Morgan fingerprint density at radius 3 is 2.74 bits per heavy atom. The number of nitrogens with zero attached hydrogens (tertiary/aromatic N) is 1. The lowest BCUT2D eigenvalue weighted by atomic mass is 9.95. The third-order valence-corrected chi connectivity index (χ3v) is 4.29. The molecule has 1 fully saturated rings. The summed E-state index contributed by atoms with van der Waals surface area (Å²) in [6.45, 7) is 9.48. The Hall–Kier alpha value is -1.57. The van der Waals surface area contributed by atoms with E-state index in [1.165, 1.54) is 12.0 Å². The highest BCUT2D eigenvalue weighted by Gasteiger charge is 2.51. The quantitative estimate of drug-likeness (QED) is 0.715. The van der Waals surface area contributed by atoms with Crippen LogP contribution in [0.2, 0.25) is 0 Å². The summed E-state index contributed by atoms with van der Waals surface area (Å²) in [5, 5.41) is 0. The number of amides is 1. The Bertz CT molecular complexity index is 454. The van der Waals surface area contributed by atoms with E-state index in [0.717, 1.165) is 6.54 Å². The van der Waals surface area contributed by atoms with Crippen molar-refractivity contribution in [3.63, 3.8) is 0 Å². The molecular weight excluding hydrogens is 234 g/mol. The summed E-state index contributed by atoms with van der Waals surface area (Å²) in [6, 6.07) is 10.6. The maximum Gasteiger partial charge on any atom is 0.222 e. The average molecular weight is 257 g/mol. The summed E-state index contributed by atoms with van der Waals surface area (Å²) in [4.78, 5) is 13.8. The number of hydrogen-bond acceptors (Lipinski definition) is 1. The molecule has 0 aliphatic heterocycles. The molecular formula is C17H23NO. The molecule has 0 N–H and O–H groups in total. The fourth-order valence-corrected chi connectivity index (χ4v) is 2.82. The molecule has 0 radical (unpaired) electrons. The molecule has 2 unspecified atom stereocenters. The van der Waals surface area contributed by atoms with Gasteiger partial charge in [0.2, 0.25) is 5.91 Å². The van der Waals surface area contributed by atoms with Crippen LogP contribution < -0.4 is 0 Å². The second-order valence-electron chi connectivity index (χ2n) is 5.63. The Morgan fingerprint density at radius 1 is 1.47 bits per heavy atom. The van der Waals surface area contributed by atoms with Crippen LogP contribution in [-0.4, -0.2) is 23.9 Å². The Kier molecular flexibility index (Phi) is 4.08. The second kappa shape index (κ2) is 5.60. The summed E-state index contributed by atoms with van der Waals surface area (Å²) in [7, 11) is 0. The van der Waals surface area contributed by atoms with Gasteiger partial charge >= 0.3 is 0 Å². The van der Waals surface area contributed by atoms with Crippen molar-refractivity contribution < 1.29 is 4.79 Å². The zero-order valence-corrected chi connectivity index (χ0v) is 11.9. The molecule has 1 aromatic carbocycles. The summed E-state index contributed by atoms with van der Waals surface area (Å²) in [5.74, 6) is 0.799. The van der Waals surface area contributed by atoms with Gasteiger partial charge in [-0.1, -0.05) is 50.3 Å². The maximum absolute atomic E-state index is 11.9. The number of carbonyl (C=O) groups excluding carboxylic acids is 1. The molecule has 1 amide bonds. The van der Waals surface area contributed by atoms with E-state index < -0.39 is 0 Å². The molecule has 1 aliphatic rings. The van der Waals surface area contributed by atoms with Crippen molar-refractivity contribution in [2.45, 2.75) is 32.1 Å². The van der Waals surface area contributed by atoms with E-state index >= 15 is 0 Å². The Labute approximate surface area is 116 Å². The van der Waals surface area contributed by atoms with Gasteiger partial charge in [-0.05, 0) is 23.3 Å². The van der Waals surface area contributed by atoms with E-state index in [1.807, 2.05) is 17.9 Å². The van der Waals surface area contributed by atoms with Crippen LogP contribution in [0.15, 0.2) is 43.0 Å². The fourth-order valence-electron chi connectivity index (χ4n) is 2.82. The van der Waals surface area contributed by atoms with Crippen molar-refractivity contribution in [1.29, 1.82) is 0 Å². The van der Waals surface area contributed by atoms with Crippen molar-refractivity contribution in [2.75, 3.05) is 13.1 Å². The van der Waals surface area contributed by atoms with Gasteiger partial charge in [0, 0.05) is 19.5 Å². The van der Waals surface area contributed by atoms with Crippen LogP contribution in [-0.2, 0) is 10.2 Å². The fraction of sp³-hybridized carbons (Fsp3) is 0.471. The minimum absolute atomic E-state index is 0.224. The van der Waals surface area contributed by atoms with Crippen molar-refractivity contribution in [3.8, 4) is 0 Å². The van der Waals surface area contributed by atoms with E-state index in [1.54, 1.807) is 0 Å². The van der Waals surface area contributed by atoms with E-state index in [-0.39, 0.29) is 11.3 Å². The highest BCUT2D eigenvalue weighted by Crippen LogP contribution is 2.54. The molecule has 0 bridgehead atoms. The SMILES string of the molecule is C=CCN(CC1CC1(C)c1ccccc1)C(=O)CC. The topological polar surface area (TPSA) is 20.3 Å². The van der Waals surface area contributed by atoms with Crippen LogP contribution in [0, 0.1) is 5.92 Å².